The summed E-state index contributed by atoms with van der Waals surface area (Å²) in [5, 5.41) is 13.8. The number of nitrogens with one attached hydrogen (secondary N) is 1. The predicted octanol–water partition coefficient (Wildman–Crippen LogP) is 14.9. The predicted molar refractivity (Wildman–Crippen MR) is 272 cm³/mol. The van der Waals surface area contributed by atoms with Gasteiger partial charge in [-0.15, -0.1) is 0 Å². The summed E-state index contributed by atoms with van der Waals surface area (Å²) in [4.78, 5) is 23.1. The molecule has 0 saturated heterocycles. The second kappa shape index (κ2) is 44.9. The van der Waals surface area contributed by atoms with Crippen LogP contribution in [0, 0.1) is 0 Å². The number of carbonyl (C=O) groups excluding carboxylic acids is 1. The van der Waals surface area contributed by atoms with Crippen LogP contribution in [0.15, 0.2) is 85.1 Å². The molecule has 0 aromatic carbocycles. The molecule has 364 valence electrons. The summed E-state index contributed by atoms with van der Waals surface area (Å²) in [5.74, 6) is -0.185. The van der Waals surface area contributed by atoms with Gasteiger partial charge >= 0.3 is 7.82 Å². The minimum absolute atomic E-state index is 0.0583. The van der Waals surface area contributed by atoms with Gasteiger partial charge in [-0.2, -0.15) is 0 Å². The number of phosphoric acid groups is 1. The van der Waals surface area contributed by atoms with E-state index in [1.807, 2.05) is 27.2 Å². The van der Waals surface area contributed by atoms with Crippen molar-refractivity contribution >= 4 is 13.7 Å². The molecule has 0 saturated carbocycles. The summed E-state index contributed by atoms with van der Waals surface area (Å²) in [6.45, 7) is 4.64. The van der Waals surface area contributed by atoms with Crippen LogP contribution in [0.2, 0.25) is 0 Å². The van der Waals surface area contributed by atoms with E-state index in [-0.39, 0.29) is 19.1 Å². The number of quaternary nitrogens is 1. The summed E-state index contributed by atoms with van der Waals surface area (Å²) in [6.07, 6.45) is 62.6. The van der Waals surface area contributed by atoms with Crippen molar-refractivity contribution in [1.29, 1.82) is 0 Å². The van der Waals surface area contributed by atoms with Gasteiger partial charge in [0.15, 0.2) is 0 Å². The number of carbonyl (C=O) groups is 1. The highest BCUT2D eigenvalue weighted by Crippen LogP contribution is 2.43. The molecule has 3 unspecified atom stereocenters. The summed E-state index contributed by atoms with van der Waals surface area (Å²) < 4.78 is 23.5. The highest BCUT2D eigenvalue weighted by atomic mass is 31.2. The average Bonchev–Trinajstić information content (AvgIpc) is 3.24. The SMILES string of the molecule is CC/C=C\C/C=C\C/C=C\C/C=C\C/C=C\C/C=C\CCCCCCCCCCCCCCCCC(=O)NC(COP(=O)(O)OCC[N+](C)(C)C)C(O)/C=C/CCCCCCCC. The third-order valence-electron chi connectivity index (χ3n) is 10.9. The van der Waals surface area contributed by atoms with E-state index in [9.17, 15) is 19.4 Å². The minimum Gasteiger partial charge on any atom is -0.387 e. The van der Waals surface area contributed by atoms with Crippen LogP contribution < -0.4 is 5.32 Å². The van der Waals surface area contributed by atoms with Crippen LogP contribution in [0.1, 0.15) is 200 Å². The summed E-state index contributed by atoms with van der Waals surface area (Å²) in [7, 11) is 1.56. The molecule has 0 bridgehead atoms. The van der Waals surface area contributed by atoms with Crippen molar-refractivity contribution in [2.24, 2.45) is 0 Å². The van der Waals surface area contributed by atoms with E-state index in [0.29, 0.717) is 17.4 Å². The van der Waals surface area contributed by atoms with Crippen LogP contribution >= 0.6 is 7.82 Å². The molecule has 0 rings (SSSR count). The van der Waals surface area contributed by atoms with Gasteiger partial charge in [0, 0.05) is 6.42 Å². The Labute approximate surface area is 388 Å². The average molecular weight is 902 g/mol. The molecule has 0 aromatic rings. The van der Waals surface area contributed by atoms with E-state index in [4.69, 9.17) is 9.05 Å². The van der Waals surface area contributed by atoms with Gasteiger partial charge in [-0.25, -0.2) is 4.57 Å². The maximum atomic E-state index is 12.9. The first-order chi connectivity index (χ1) is 30.5. The molecular weight excluding hydrogens is 804 g/mol. The number of nitrogens with zero attached hydrogens (tertiary/aromatic N) is 1. The lowest BCUT2D eigenvalue weighted by molar-refractivity contribution is -0.870. The van der Waals surface area contributed by atoms with Crippen molar-refractivity contribution < 1.29 is 32.9 Å². The Bertz CT molecular complexity index is 1300. The third-order valence-corrected chi connectivity index (χ3v) is 11.9. The maximum Gasteiger partial charge on any atom is 0.472 e. The second-order valence-corrected chi connectivity index (χ2v) is 19.6. The Hall–Kier alpha value is -2.32. The lowest BCUT2D eigenvalue weighted by atomic mass is 10.0. The van der Waals surface area contributed by atoms with Crippen LogP contribution in [0.4, 0.5) is 0 Å². The standard InChI is InChI=1S/C54H97N2O6P/c1-6-8-10-12-14-16-17-18-19-20-21-22-23-24-25-26-27-28-29-30-31-32-33-34-35-36-37-38-39-40-42-44-46-48-54(58)55-52(51-62-63(59,60)61-50-49-56(3,4)5)53(57)47-45-43-41-15-13-11-9-7-2/h8,10,14,16,18-19,21-22,24-25,27-28,45,47,52-53,57H,6-7,9,11-13,15,17,20,23,26,29-44,46,48-51H2,1-5H3,(H-,55,58,59,60)/p+1/b10-8-,16-14-,19-18-,22-21-,25-24-,28-27-,47-45+. The number of aliphatic hydroxyl groups is 1. The van der Waals surface area contributed by atoms with E-state index >= 15 is 0 Å². The molecule has 0 radical (unpaired) electrons. The molecule has 0 aliphatic carbocycles. The van der Waals surface area contributed by atoms with Gasteiger partial charge in [0.25, 0.3) is 0 Å². The van der Waals surface area contributed by atoms with Crippen molar-refractivity contribution in [3.05, 3.63) is 85.1 Å². The van der Waals surface area contributed by atoms with Gasteiger partial charge in [-0.05, 0) is 70.6 Å². The van der Waals surface area contributed by atoms with Crippen LogP contribution in [0.5, 0.6) is 0 Å². The molecule has 0 spiro atoms. The fourth-order valence-corrected chi connectivity index (χ4v) is 7.60. The molecule has 9 heteroatoms. The van der Waals surface area contributed by atoms with Crippen molar-refractivity contribution in [2.45, 2.75) is 212 Å². The zero-order chi connectivity index (χ0) is 46.4. The number of phosphoric ester groups is 1. The number of hydrogen-bond acceptors (Lipinski definition) is 5. The molecule has 0 aliphatic heterocycles. The largest absolute Gasteiger partial charge is 0.472 e. The van der Waals surface area contributed by atoms with E-state index in [1.54, 1.807) is 6.08 Å². The highest BCUT2D eigenvalue weighted by Gasteiger charge is 2.27. The molecule has 63 heavy (non-hydrogen) atoms. The van der Waals surface area contributed by atoms with Crippen LogP contribution in [-0.2, 0) is 18.4 Å². The first-order valence-corrected chi connectivity index (χ1v) is 27.0. The Morgan fingerprint density at radius 2 is 0.952 bits per heavy atom. The Morgan fingerprint density at radius 1 is 0.556 bits per heavy atom. The molecule has 0 heterocycles. The molecular formula is C54H98N2O6P+. The van der Waals surface area contributed by atoms with Crippen LogP contribution in [0.3, 0.4) is 0 Å². The summed E-state index contributed by atoms with van der Waals surface area (Å²) >= 11 is 0. The number of amides is 1. The molecule has 8 nitrogen and oxygen atoms in total. The summed E-state index contributed by atoms with van der Waals surface area (Å²) in [5.41, 5.74) is 0. The normalized spacial score (nSPS) is 14.8. The van der Waals surface area contributed by atoms with Crippen LogP contribution in [0.25, 0.3) is 0 Å². The van der Waals surface area contributed by atoms with Crippen molar-refractivity contribution in [3.63, 3.8) is 0 Å². The van der Waals surface area contributed by atoms with E-state index in [2.05, 4.69) is 92.1 Å². The Kier molecular flexibility index (Phi) is 43.2. The number of hydrogen-bond donors (Lipinski definition) is 3. The number of allylic oxidation sites excluding steroid dienone is 13. The monoisotopic (exact) mass is 902 g/mol. The summed E-state index contributed by atoms with van der Waals surface area (Å²) in [6, 6.07) is -0.847. The molecule has 0 fully saturated rings. The number of likely N-dealkylation sites (N-methyl/N-ethyl adjacent to an activating group) is 1. The van der Waals surface area contributed by atoms with Crippen molar-refractivity contribution in [2.75, 3.05) is 40.9 Å². The number of rotatable bonds is 45. The van der Waals surface area contributed by atoms with E-state index < -0.39 is 20.0 Å². The Morgan fingerprint density at radius 3 is 1.40 bits per heavy atom. The first-order valence-electron chi connectivity index (χ1n) is 25.5. The smallest absolute Gasteiger partial charge is 0.387 e. The molecule has 3 N–H and O–H groups in total. The second-order valence-electron chi connectivity index (χ2n) is 18.2. The zero-order valence-corrected chi connectivity index (χ0v) is 42.2. The van der Waals surface area contributed by atoms with Crippen LogP contribution in [-0.4, -0.2) is 73.4 Å². The topological polar surface area (TPSA) is 105 Å². The fraction of sp³-hybridized carbons (Fsp3) is 0.722. The molecule has 1 amide bonds. The van der Waals surface area contributed by atoms with Crippen molar-refractivity contribution in [1.82, 2.24) is 5.32 Å². The molecule has 3 atom stereocenters. The first kappa shape index (κ1) is 60.7. The molecule has 0 aromatic heterocycles. The van der Waals surface area contributed by atoms with E-state index in [0.717, 1.165) is 77.0 Å². The lowest BCUT2D eigenvalue weighted by Crippen LogP contribution is -2.45. The van der Waals surface area contributed by atoms with Gasteiger partial charge in [0.1, 0.15) is 13.2 Å². The molecule has 0 aliphatic rings. The Balaban J connectivity index is 4.00. The van der Waals surface area contributed by atoms with Gasteiger partial charge in [-0.3, -0.25) is 13.8 Å². The van der Waals surface area contributed by atoms with E-state index in [1.165, 1.54) is 103 Å². The minimum atomic E-state index is -4.33. The fourth-order valence-electron chi connectivity index (χ4n) is 6.87. The van der Waals surface area contributed by atoms with Gasteiger partial charge in [0.2, 0.25) is 5.91 Å². The number of aliphatic hydroxyl groups excluding tert-OH is 1. The van der Waals surface area contributed by atoms with Gasteiger partial charge in [0.05, 0.1) is 39.9 Å². The van der Waals surface area contributed by atoms with Gasteiger partial charge in [-0.1, -0.05) is 208 Å². The van der Waals surface area contributed by atoms with Crippen molar-refractivity contribution in [3.8, 4) is 0 Å². The number of unbranched alkanes of at least 4 members (excludes halogenated alkanes) is 20. The maximum absolute atomic E-state index is 12.9. The zero-order valence-electron chi connectivity index (χ0n) is 41.3. The third kappa shape index (κ3) is 47.5. The van der Waals surface area contributed by atoms with Gasteiger partial charge < -0.3 is 19.8 Å². The highest BCUT2D eigenvalue weighted by molar-refractivity contribution is 7.47. The quantitative estimate of drug-likeness (QED) is 0.0243. The lowest BCUT2D eigenvalue weighted by Gasteiger charge is -2.25.